The molecule has 0 spiro atoms. The molecular weight excluding hydrogens is 472 g/mol. The van der Waals surface area contributed by atoms with E-state index in [0.29, 0.717) is 11.6 Å². The molecule has 0 atom stereocenters. The fourth-order valence-corrected chi connectivity index (χ4v) is 4.05. The van der Waals surface area contributed by atoms with E-state index in [-0.39, 0.29) is 5.56 Å². The first kappa shape index (κ1) is 19.8. The molecule has 0 fully saturated rings. The fraction of sp³-hybridized carbons (Fsp3) is 0.200. The van der Waals surface area contributed by atoms with Gasteiger partial charge in [-0.25, -0.2) is 4.98 Å². The van der Waals surface area contributed by atoms with E-state index in [1.807, 2.05) is 36.4 Å². The largest absolute Gasteiger partial charge is 0.356 e. The Balaban J connectivity index is 1.46. The number of H-pyrrole nitrogens is 1. The molecule has 0 unspecified atom stereocenters. The Bertz CT molecular complexity index is 924. The zero-order chi connectivity index (χ0) is 19.1. The summed E-state index contributed by atoms with van der Waals surface area (Å²) in [4.78, 5) is 19.1. The first-order valence-electron chi connectivity index (χ1n) is 8.66. The molecule has 3 N–H and O–H groups in total. The number of hydrogen-bond acceptors (Lipinski definition) is 4. The number of aromatic amines is 1. The van der Waals surface area contributed by atoms with Gasteiger partial charge in [-0.2, -0.15) is 0 Å². The summed E-state index contributed by atoms with van der Waals surface area (Å²) in [7, 11) is 0. The van der Waals surface area contributed by atoms with Gasteiger partial charge < -0.3 is 10.6 Å². The molecule has 0 aliphatic carbocycles. The Morgan fingerprint density at radius 1 is 0.963 bits per heavy atom. The second-order valence-electron chi connectivity index (χ2n) is 6.08. The molecule has 140 valence electrons. The number of halogens is 2. The molecule has 1 aromatic heterocycles. The van der Waals surface area contributed by atoms with E-state index in [9.17, 15) is 4.79 Å². The lowest BCUT2D eigenvalue weighted by Gasteiger charge is -2.09. The SMILES string of the molecule is O=c1cc(-c2ccccc2)nc(NCCCNCc2cc(Br)cc(Br)c2)[nH]1. The van der Waals surface area contributed by atoms with Gasteiger partial charge in [0, 0.05) is 33.7 Å². The third-order valence-corrected chi connectivity index (χ3v) is 4.80. The molecule has 0 amide bonds. The maximum absolute atomic E-state index is 11.9. The molecule has 0 radical (unpaired) electrons. The Hall–Kier alpha value is -1.96. The predicted octanol–water partition coefficient (Wildman–Crippen LogP) is 4.55. The number of nitrogens with one attached hydrogen (secondary N) is 3. The number of rotatable bonds is 8. The Morgan fingerprint density at radius 2 is 1.70 bits per heavy atom. The van der Waals surface area contributed by atoms with E-state index in [1.165, 1.54) is 11.6 Å². The smallest absolute Gasteiger partial charge is 0.252 e. The van der Waals surface area contributed by atoms with Gasteiger partial charge in [0.1, 0.15) is 0 Å². The molecule has 5 nitrogen and oxygen atoms in total. The van der Waals surface area contributed by atoms with Gasteiger partial charge in [-0.05, 0) is 36.7 Å². The monoisotopic (exact) mass is 490 g/mol. The van der Waals surface area contributed by atoms with Crippen molar-refractivity contribution in [3.05, 3.63) is 79.5 Å². The van der Waals surface area contributed by atoms with E-state index in [4.69, 9.17) is 0 Å². The Kier molecular flexibility index (Phi) is 7.20. The minimum atomic E-state index is -0.162. The molecule has 0 saturated carbocycles. The van der Waals surface area contributed by atoms with Crippen LogP contribution in [0.5, 0.6) is 0 Å². The minimum Gasteiger partial charge on any atom is -0.356 e. The minimum absolute atomic E-state index is 0.162. The lowest BCUT2D eigenvalue weighted by atomic mass is 10.1. The highest BCUT2D eigenvalue weighted by Crippen LogP contribution is 2.20. The third-order valence-electron chi connectivity index (χ3n) is 3.89. The maximum atomic E-state index is 11.9. The Labute approximate surface area is 174 Å². The molecule has 3 rings (SSSR count). The summed E-state index contributed by atoms with van der Waals surface area (Å²) in [5.41, 5.74) is 2.64. The normalized spacial score (nSPS) is 10.7. The van der Waals surface area contributed by atoms with Gasteiger partial charge in [0.2, 0.25) is 5.95 Å². The van der Waals surface area contributed by atoms with E-state index in [2.05, 4.69) is 64.6 Å². The average molecular weight is 492 g/mol. The van der Waals surface area contributed by atoms with Crippen molar-refractivity contribution in [1.82, 2.24) is 15.3 Å². The van der Waals surface area contributed by atoms with Crippen molar-refractivity contribution in [3.8, 4) is 11.3 Å². The molecule has 0 aliphatic rings. The number of benzene rings is 2. The summed E-state index contributed by atoms with van der Waals surface area (Å²) in [5.74, 6) is 0.497. The lowest BCUT2D eigenvalue weighted by molar-refractivity contribution is 0.661. The maximum Gasteiger partial charge on any atom is 0.252 e. The van der Waals surface area contributed by atoms with E-state index >= 15 is 0 Å². The predicted molar refractivity (Wildman–Crippen MR) is 117 cm³/mol. The first-order chi connectivity index (χ1) is 13.1. The summed E-state index contributed by atoms with van der Waals surface area (Å²) in [5, 5.41) is 6.61. The highest BCUT2D eigenvalue weighted by Gasteiger charge is 2.03. The summed E-state index contributed by atoms with van der Waals surface area (Å²) in [6, 6.07) is 17.4. The van der Waals surface area contributed by atoms with Crippen molar-refractivity contribution < 1.29 is 0 Å². The summed E-state index contributed by atoms with van der Waals surface area (Å²) >= 11 is 6.99. The molecule has 0 aliphatic heterocycles. The van der Waals surface area contributed by atoms with Crippen LogP contribution in [0, 0.1) is 0 Å². The molecule has 2 aromatic carbocycles. The lowest BCUT2D eigenvalue weighted by Crippen LogP contribution is -2.19. The standard InChI is InChI=1S/C20H20Br2N4O/c21-16-9-14(10-17(22)11-16)13-23-7-4-8-24-20-25-18(12-19(27)26-20)15-5-2-1-3-6-15/h1-3,5-6,9-12,23H,4,7-8,13H2,(H2,24,25,26,27). The van der Waals surface area contributed by atoms with Gasteiger partial charge in [-0.15, -0.1) is 0 Å². The first-order valence-corrected chi connectivity index (χ1v) is 10.2. The van der Waals surface area contributed by atoms with E-state index in [0.717, 1.165) is 40.6 Å². The fourth-order valence-electron chi connectivity index (χ4n) is 2.66. The molecule has 27 heavy (non-hydrogen) atoms. The van der Waals surface area contributed by atoms with E-state index in [1.54, 1.807) is 0 Å². The number of anilines is 1. The van der Waals surface area contributed by atoms with Crippen LogP contribution in [0.15, 0.2) is 68.3 Å². The van der Waals surface area contributed by atoms with Crippen molar-refractivity contribution >= 4 is 37.8 Å². The van der Waals surface area contributed by atoms with Crippen LogP contribution in [-0.4, -0.2) is 23.1 Å². The summed E-state index contributed by atoms with van der Waals surface area (Å²) in [6.07, 6.45) is 0.911. The topological polar surface area (TPSA) is 69.8 Å². The van der Waals surface area contributed by atoms with Crippen LogP contribution < -0.4 is 16.2 Å². The van der Waals surface area contributed by atoms with Gasteiger partial charge in [-0.3, -0.25) is 9.78 Å². The van der Waals surface area contributed by atoms with Crippen LogP contribution in [0.4, 0.5) is 5.95 Å². The highest BCUT2D eigenvalue weighted by molar-refractivity contribution is 9.11. The molecular formula is C20H20Br2N4O. The van der Waals surface area contributed by atoms with Crippen LogP contribution in [0.2, 0.25) is 0 Å². The highest BCUT2D eigenvalue weighted by atomic mass is 79.9. The quantitative estimate of drug-likeness (QED) is 0.404. The number of nitrogens with zero attached hydrogens (tertiary/aromatic N) is 1. The van der Waals surface area contributed by atoms with Gasteiger partial charge >= 0.3 is 0 Å². The van der Waals surface area contributed by atoms with Crippen molar-refractivity contribution in [2.45, 2.75) is 13.0 Å². The number of hydrogen-bond donors (Lipinski definition) is 3. The molecule has 0 bridgehead atoms. The zero-order valence-electron chi connectivity index (χ0n) is 14.6. The van der Waals surface area contributed by atoms with Gasteiger partial charge in [0.05, 0.1) is 5.69 Å². The van der Waals surface area contributed by atoms with E-state index < -0.39 is 0 Å². The van der Waals surface area contributed by atoms with Crippen molar-refractivity contribution in [1.29, 1.82) is 0 Å². The van der Waals surface area contributed by atoms with Crippen LogP contribution in [0.1, 0.15) is 12.0 Å². The summed E-state index contributed by atoms with van der Waals surface area (Å²) < 4.78 is 2.12. The Morgan fingerprint density at radius 3 is 2.44 bits per heavy atom. The van der Waals surface area contributed by atoms with Crippen LogP contribution >= 0.6 is 31.9 Å². The second kappa shape index (κ2) is 9.82. The molecule has 3 aromatic rings. The van der Waals surface area contributed by atoms with Gasteiger partial charge in [-0.1, -0.05) is 62.2 Å². The van der Waals surface area contributed by atoms with Crippen molar-refractivity contribution in [2.24, 2.45) is 0 Å². The molecule has 7 heteroatoms. The second-order valence-corrected chi connectivity index (χ2v) is 7.91. The zero-order valence-corrected chi connectivity index (χ0v) is 17.8. The molecule has 1 heterocycles. The van der Waals surface area contributed by atoms with Crippen LogP contribution in [0.3, 0.4) is 0 Å². The van der Waals surface area contributed by atoms with Gasteiger partial charge in [0.15, 0.2) is 0 Å². The van der Waals surface area contributed by atoms with Crippen LogP contribution in [-0.2, 0) is 6.54 Å². The van der Waals surface area contributed by atoms with Crippen molar-refractivity contribution in [2.75, 3.05) is 18.4 Å². The average Bonchev–Trinajstić information content (AvgIpc) is 2.64. The summed E-state index contributed by atoms with van der Waals surface area (Å²) in [6.45, 7) is 2.38. The molecule has 0 saturated heterocycles. The third kappa shape index (κ3) is 6.30. The van der Waals surface area contributed by atoms with Crippen molar-refractivity contribution in [3.63, 3.8) is 0 Å². The van der Waals surface area contributed by atoms with Gasteiger partial charge in [0.25, 0.3) is 5.56 Å². The number of aromatic nitrogens is 2. The van der Waals surface area contributed by atoms with Crippen LogP contribution in [0.25, 0.3) is 11.3 Å².